The fourth-order valence-corrected chi connectivity index (χ4v) is 3.38. The van der Waals surface area contributed by atoms with E-state index in [0.29, 0.717) is 0 Å². The van der Waals surface area contributed by atoms with Gasteiger partial charge in [0.15, 0.2) is 11.5 Å². The SMILES string of the molecule is C=Nc1cc(C2=C=[N+]=C(NC(C)C)C(=O)N2CC(=O)NCc2c#cc(/C(N)=N/O)c(F)c2)cc(C(F)(F)F)c1. The maximum Gasteiger partial charge on any atom is 0.444 e. The normalized spacial score (nSPS) is 13.6. The van der Waals surface area contributed by atoms with Crippen molar-refractivity contribution in [1.82, 2.24) is 20.2 Å². The number of carbonyl (C=O) groups is 2. The Balaban J connectivity index is 1.91. The van der Waals surface area contributed by atoms with Gasteiger partial charge < -0.3 is 16.3 Å². The number of rotatable bonds is 8. The van der Waals surface area contributed by atoms with Crippen LogP contribution in [-0.2, 0) is 22.3 Å². The number of aliphatic imine (C=N–C) groups is 1. The van der Waals surface area contributed by atoms with Crippen LogP contribution in [0.3, 0.4) is 0 Å². The highest BCUT2D eigenvalue weighted by Crippen LogP contribution is 2.34. The first-order valence-electron chi connectivity index (χ1n) is 11.2. The van der Waals surface area contributed by atoms with Crippen LogP contribution in [0.5, 0.6) is 0 Å². The lowest BCUT2D eigenvalue weighted by Crippen LogP contribution is -2.50. The van der Waals surface area contributed by atoms with Crippen LogP contribution >= 0.6 is 0 Å². The predicted molar refractivity (Wildman–Crippen MR) is 135 cm³/mol. The number of benzene rings is 1. The Kier molecular flexibility index (Phi) is 8.41. The fraction of sp³-hybridized carbons (Fsp3) is 0.240. The lowest BCUT2D eigenvalue weighted by atomic mass is 10.0. The van der Waals surface area contributed by atoms with E-state index in [1.807, 2.05) is 0 Å². The molecular formula is C25H22F4N7O3+. The molecule has 10 nitrogen and oxygen atoms in total. The monoisotopic (exact) mass is 544 g/mol. The van der Waals surface area contributed by atoms with E-state index in [1.165, 1.54) is 6.07 Å². The zero-order valence-corrected chi connectivity index (χ0v) is 20.6. The van der Waals surface area contributed by atoms with Gasteiger partial charge in [-0.15, -0.1) is 4.67 Å². The van der Waals surface area contributed by atoms with Crippen LogP contribution in [0.4, 0.5) is 23.2 Å². The quantitative estimate of drug-likeness (QED) is 0.0994. The first-order valence-corrected chi connectivity index (χ1v) is 11.2. The molecule has 14 heteroatoms. The molecule has 0 fully saturated rings. The van der Waals surface area contributed by atoms with Crippen molar-refractivity contribution in [2.75, 3.05) is 6.54 Å². The zero-order valence-electron chi connectivity index (χ0n) is 20.6. The summed E-state index contributed by atoms with van der Waals surface area (Å²) in [5.74, 6) is -0.544. The molecule has 5 N–H and O–H groups in total. The Labute approximate surface area is 220 Å². The maximum absolute atomic E-state index is 14.2. The van der Waals surface area contributed by atoms with Gasteiger partial charge in [-0.1, -0.05) is 17.3 Å². The van der Waals surface area contributed by atoms with E-state index in [9.17, 15) is 27.2 Å². The molecule has 0 saturated carbocycles. The summed E-state index contributed by atoms with van der Waals surface area (Å²) in [5, 5.41) is 16.6. The molecule has 1 heterocycles. The molecule has 39 heavy (non-hydrogen) atoms. The highest BCUT2D eigenvalue weighted by molar-refractivity contribution is 6.41. The molecular weight excluding hydrogens is 522 g/mol. The van der Waals surface area contributed by atoms with Crippen molar-refractivity contribution in [1.29, 1.82) is 0 Å². The van der Waals surface area contributed by atoms with Crippen LogP contribution in [0.2, 0.25) is 0 Å². The molecule has 2 amide bonds. The highest BCUT2D eigenvalue weighted by atomic mass is 19.4. The van der Waals surface area contributed by atoms with Crippen LogP contribution < -0.4 is 21.0 Å². The molecule has 0 bridgehead atoms. The van der Waals surface area contributed by atoms with Crippen molar-refractivity contribution in [2.24, 2.45) is 15.9 Å². The summed E-state index contributed by atoms with van der Waals surface area (Å²) >= 11 is 0. The molecule has 3 rings (SSSR count). The number of oxime groups is 1. The lowest BCUT2D eigenvalue weighted by molar-refractivity contribution is -0.137. The summed E-state index contributed by atoms with van der Waals surface area (Å²) in [6.07, 6.45) is -4.73. The molecule has 202 valence electrons. The molecule has 2 aromatic rings. The second kappa shape index (κ2) is 11.5. The van der Waals surface area contributed by atoms with Gasteiger partial charge in [0.25, 0.3) is 0 Å². The average Bonchev–Trinajstić information content (AvgIpc) is 2.88. The molecule has 2 aromatic carbocycles. The van der Waals surface area contributed by atoms with Crippen molar-refractivity contribution in [3.8, 4) is 0 Å². The van der Waals surface area contributed by atoms with Crippen LogP contribution in [0.1, 0.15) is 36.1 Å². The molecule has 1 aliphatic rings. The minimum atomic E-state index is -4.73. The summed E-state index contributed by atoms with van der Waals surface area (Å²) in [6.45, 7) is 5.85. The van der Waals surface area contributed by atoms with E-state index in [-0.39, 0.29) is 46.5 Å². The standard InChI is InChI=1S/C25H21F4N7O3/c1-13(2)34-23-24(38)36(12-21(37)32-10-14-4-5-18(19(26)6-14)22(30)35-39)20(11-33-23)15-7-16(25(27,28)29)9-17(8-15)31-3/h6-9,13H,3,10,12H2,1-2H3,(H4,30,32,34,35,37,38,39)/p+1. The summed E-state index contributed by atoms with van der Waals surface area (Å²) in [4.78, 5) is 30.5. The smallest absolute Gasteiger partial charge is 0.409 e. The number of amidine groups is 2. The second-order valence-corrected chi connectivity index (χ2v) is 8.44. The molecule has 0 spiro atoms. The van der Waals surface area contributed by atoms with Crippen molar-refractivity contribution in [3.63, 3.8) is 0 Å². The molecule has 0 aromatic heterocycles. The van der Waals surface area contributed by atoms with Crippen molar-refractivity contribution in [3.05, 3.63) is 64.5 Å². The Morgan fingerprint density at radius 3 is 2.56 bits per heavy atom. The lowest BCUT2D eigenvalue weighted by Gasteiger charge is -2.23. The molecule has 0 radical (unpaired) electrons. The summed E-state index contributed by atoms with van der Waals surface area (Å²) in [7, 11) is 0. The molecule has 0 atom stereocenters. The van der Waals surface area contributed by atoms with Gasteiger partial charge in [-0.25, -0.2) is 4.39 Å². The number of nitrogens with one attached hydrogen (secondary N) is 2. The first-order chi connectivity index (χ1) is 18.3. The number of alkyl halides is 3. The van der Waals surface area contributed by atoms with E-state index in [4.69, 9.17) is 10.9 Å². The van der Waals surface area contributed by atoms with Gasteiger partial charge >= 0.3 is 17.9 Å². The number of hydrogen-bond donors (Lipinski definition) is 4. The van der Waals surface area contributed by atoms with Crippen LogP contribution in [0, 0.1) is 17.9 Å². The number of nitrogens with zero attached hydrogens (tertiary/aromatic N) is 4. The summed E-state index contributed by atoms with van der Waals surface area (Å²) < 4.78 is 58.6. The van der Waals surface area contributed by atoms with Crippen LogP contribution in [-0.4, -0.2) is 58.8 Å². The third kappa shape index (κ3) is 6.81. The Hall–Kier alpha value is -5.11. The van der Waals surface area contributed by atoms with E-state index in [0.717, 1.165) is 23.1 Å². The van der Waals surface area contributed by atoms with E-state index in [2.05, 4.69) is 50.2 Å². The predicted octanol–water partition coefficient (Wildman–Crippen LogP) is 1.50. The number of carbonyl (C=O) groups excluding carboxylic acids is 2. The largest absolute Gasteiger partial charge is 0.444 e. The van der Waals surface area contributed by atoms with Crippen LogP contribution in [0.25, 0.3) is 5.70 Å². The number of halogens is 4. The maximum atomic E-state index is 14.2. The van der Waals surface area contributed by atoms with E-state index >= 15 is 0 Å². The minimum absolute atomic E-state index is 0.120. The van der Waals surface area contributed by atoms with Gasteiger partial charge in [0, 0.05) is 11.1 Å². The number of amides is 2. The fourth-order valence-electron chi connectivity index (χ4n) is 3.38. The molecule has 0 saturated heterocycles. The van der Waals surface area contributed by atoms with Crippen molar-refractivity contribution in [2.45, 2.75) is 32.6 Å². The van der Waals surface area contributed by atoms with Gasteiger partial charge in [0.1, 0.15) is 17.9 Å². The Morgan fingerprint density at radius 1 is 1.26 bits per heavy atom. The van der Waals surface area contributed by atoms with Crippen molar-refractivity contribution < 1.29 is 32.4 Å². The highest BCUT2D eigenvalue weighted by Gasteiger charge is 2.37. The first kappa shape index (κ1) is 28.5. The van der Waals surface area contributed by atoms with Crippen molar-refractivity contribution >= 4 is 47.5 Å². The van der Waals surface area contributed by atoms with E-state index in [1.54, 1.807) is 13.8 Å². The van der Waals surface area contributed by atoms with Gasteiger partial charge in [-0.2, -0.15) is 13.2 Å². The molecule has 0 unspecified atom stereocenters. The molecule has 1 aliphatic heterocycles. The Bertz CT molecular complexity index is 1450. The third-order valence-electron chi connectivity index (χ3n) is 5.15. The van der Waals surface area contributed by atoms with Gasteiger partial charge in [-0.3, -0.25) is 24.8 Å². The second-order valence-electron chi connectivity index (χ2n) is 8.44. The number of hydrogen-bond acceptors (Lipinski definition) is 6. The summed E-state index contributed by atoms with van der Waals surface area (Å²) in [5.41, 5.74) is 3.68. The van der Waals surface area contributed by atoms with Gasteiger partial charge in [0.05, 0.1) is 23.8 Å². The summed E-state index contributed by atoms with van der Waals surface area (Å²) in [6, 6.07) is 8.49. The number of nitrogens with two attached hydrogens (primary N) is 1. The van der Waals surface area contributed by atoms with Gasteiger partial charge in [0.2, 0.25) is 11.8 Å². The van der Waals surface area contributed by atoms with Crippen LogP contribution in [0.15, 0.2) is 34.4 Å². The van der Waals surface area contributed by atoms with Gasteiger partial charge in [-0.05, 0) is 44.8 Å². The zero-order chi connectivity index (χ0) is 28.9. The van der Waals surface area contributed by atoms with E-state index < -0.39 is 41.8 Å². The minimum Gasteiger partial charge on any atom is -0.409 e. The Morgan fingerprint density at radius 2 is 1.97 bits per heavy atom. The molecule has 0 aliphatic carbocycles. The average molecular weight is 544 g/mol. The third-order valence-corrected chi connectivity index (χ3v) is 5.15. The topological polar surface area (TPSA) is 147 Å².